The molecular weight excluding hydrogens is 476 g/mol. The van der Waals surface area contributed by atoms with Gasteiger partial charge in [0.2, 0.25) is 0 Å². The summed E-state index contributed by atoms with van der Waals surface area (Å²) in [5, 5.41) is 4.19. The van der Waals surface area contributed by atoms with E-state index in [9.17, 15) is 4.79 Å². The normalized spacial score (nSPS) is 20.4. The number of carbonyl (C=O) groups is 1. The van der Waals surface area contributed by atoms with Gasteiger partial charge in [0, 0.05) is 37.9 Å². The average molecular weight is 507 g/mol. The van der Waals surface area contributed by atoms with Crippen LogP contribution in [0.5, 0.6) is 0 Å². The number of hydrogen-bond acceptors (Lipinski definition) is 7. The highest BCUT2D eigenvalue weighted by Crippen LogP contribution is 2.40. The van der Waals surface area contributed by atoms with Gasteiger partial charge < -0.3 is 24.1 Å². The summed E-state index contributed by atoms with van der Waals surface area (Å²) in [5.74, 6) is 1.18. The predicted octanol–water partition coefficient (Wildman–Crippen LogP) is 3.82. The van der Waals surface area contributed by atoms with E-state index in [0.29, 0.717) is 10.7 Å². The summed E-state index contributed by atoms with van der Waals surface area (Å²) in [6.07, 6.45) is 2.78. The van der Waals surface area contributed by atoms with Crippen molar-refractivity contribution >= 4 is 23.3 Å². The highest BCUT2D eigenvalue weighted by molar-refractivity contribution is 7.80. The van der Waals surface area contributed by atoms with Gasteiger partial charge in [0.15, 0.2) is 5.11 Å². The van der Waals surface area contributed by atoms with E-state index in [4.69, 9.17) is 26.1 Å². The fourth-order valence-corrected chi connectivity index (χ4v) is 5.13. The van der Waals surface area contributed by atoms with Gasteiger partial charge in [0.05, 0.1) is 37.6 Å². The molecule has 36 heavy (non-hydrogen) atoms. The molecule has 1 N–H and O–H groups in total. The van der Waals surface area contributed by atoms with Crippen molar-refractivity contribution in [2.24, 2.45) is 0 Å². The molecule has 8 nitrogen and oxygen atoms in total. The molecule has 3 aromatic rings. The van der Waals surface area contributed by atoms with Crippen LogP contribution in [0.15, 0.2) is 65.2 Å². The van der Waals surface area contributed by atoms with E-state index in [0.717, 1.165) is 68.6 Å². The third-order valence-electron chi connectivity index (χ3n) is 6.68. The number of benzene rings is 1. The highest BCUT2D eigenvalue weighted by atomic mass is 32.1. The number of rotatable bonds is 8. The molecule has 0 saturated carbocycles. The largest absolute Gasteiger partial charge is 0.465 e. The van der Waals surface area contributed by atoms with Gasteiger partial charge in [-0.25, -0.2) is 4.79 Å². The second-order valence-corrected chi connectivity index (χ2v) is 9.29. The Morgan fingerprint density at radius 2 is 1.92 bits per heavy atom. The number of esters is 1. The van der Waals surface area contributed by atoms with Crippen LogP contribution in [0.4, 0.5) is 0 Å². The van der Waals surface area contributed by atoms with Crippen molar-refractivity contribution in [1.29, 1.82) is 0 Å². The third-order valence-corrected chi connectivity index (χ3v) is 7.04. The molecule has 2 atom stereocenters. The smallest absolute Gasteiger partial charge is 0.337 e. The summed E-state index contributed by atoms with van der Waals surface area (Å²) in [7, 11) is 1.37. The number of ether oxygens (including phenoxy) is 2. The molecule has 5 rings (SSSR count). The van der Waals surface area contributed by atoms with E-state index in [1.54, 1.807) is 18.3 Å². The van der Waals surface area contributed by atoms with Gasteiger partial charge in [-0.15, -0.1) is 0 Å². The number of nitrogens with zero attached hydrogens (tertiary/aromatic N) is 3. The summed E-state index contributed by atoms with van der Waals surface area (Å²) in [5.41, 5.74) is 2.30. The van der Waals surface area contributed by atoms with Gasteiger partial charge in [-0.1, -0.05) is 18.2 Å². The molecule has 2 aromatic heterocycles. The van der Waals surface area contributed by atoms with Crippen molar-refractivity contribution < 1.29 is 18.7 Å². The molecule has 188 valence electrons. The number of hydrogen-bond donors (Lipinski definition) is 1. The number of nitrogens with one attached hydrogen (secondary N) is 1. The third kappa shape index (κ3) is 5.28. The van der Waals surface area contributed by atoms with Crippen LogP contribution >= 0.6 is 12.2 Å². The summed E-state index contributed by atoms with van der Waals surface area (Å²) < 4.78 is 16.7. The standard InChI is InChI=1S/C27H30N4O4S/c1-33-26(32)20-8-6-19(7-9-20)22-10-11-23(35-22)25-24(21-5-2-3-12-28-21)29-27(36)31(25)14-4-13-30-15-17-34-18-16-30/h2-3,5-12,24-25H,4,13-18H2,1H3,(H,29,36). The van der Waals surface area contributed by atoms with Crippen LogP contribution in [0, 0.1) is 0 Å². The Balaban J connectivity index is 1.38. The highest BCUT2D eigenvalue weighted by Gasteiger charge is 2.41. The molecule has 2 saturated heterocycles. The van der Waals surface area contributed by atoms with Gasteiger partial charge in [-0.05, 0) is 55.0 Å². The van der Waals surface area contributed by atoms with Crippen LogP contribution in [0.25, 0.3) is 11.3 Å². The van der Waals surface area contributed by atoms with E-state index in [-0.39, 0.29) is 18.1 Å². The molecule has 1 aromatic carbocycles. The Kier molecular flexibility index (Phi) is 7.60. The zero-order valence-electron chi connectivity index (χ0n) is 20.3. The molecule has 2 aliphatic heterocycles. The van der Waals surface area contributed by atoms with E-state index < -0.39 is 0 Å². The number of morpholine rings is 1. The molecule has 0 bridgehead atoms. The van der Waals surface area contributed by atoms with Crippen molar-refractivity contribution in [3.63, 3.8) is 0 Å². The van der Waals surface area contributed by atoms with Gasteiger partial charge >= 0.3 is 5.97 Å². The summed E-state index contributed by atoms with van der Waals surface area (Å²) in [6, 6.07) is 16.8. The van der Waals surface area contributed by atoms with Crippen molar-refractivity contribution in [2.45, 2.75) is 18.5 Å². The zero-order chi connectivity index (χ0) is 24.9. The second kappa shape index (κ2) is 11.2. The van der Waals surface area contributed by atoms with Crippen molar-refractivity contribution in [3.8, 4) is 11.3 Å². The Morgan fingerprint density at radius 1 is 1.11 bits per heavy atom. The lowest BCUT2D eigenvalue weighted by Crippen LogP contribution is -2.38. The molecular formula is C27H30N4O4S. The number of pyridine rings is 1. The van der Waals surface area contributed by atoms with Gasteiger partial charge in [0.1, 0.15) is 17.6 Å². The number of furan rings is 1. The monoisotopic (exact) mass is 506 g/mol. The van der Waals surface area contributed by atoms with Crippen molar-refractivity contribution in [3.05, 3.63) is 77.8 Å². The number of carbonyl (C=O) groups excluding carboxylic acids is 1. The minimum Gasteiger partial charge on any atom is -0.465 e. The maximum absolute atomic E-state index is 11.8. The maximum Gasteiger partial charge on any atom is 0.337 e. The van der Waals surface area contributed by atoms with Gasteiger partial charge in [-0.2, -0.15) is 0 Å². The first-order valence-corrected chi connectivity index (χ1v) is 12.6. The Labute approximate surface area is 216 Å². The lowest BCUT2D eigenvalue weighted by Gasteiger charge is -2.29. The fraction of sp³-hybridized carbons (Fsp3) is 0.370. The number of aromatic nitrogens is 1. The first-order chi connectivity index (χ1) is 17.6. The summed E-state index contributed by atoms with van der Waals surface area (Å²) in [4.78, 5) is 21.0. The van der Waals surface area contributed by atoms with Gasteiger partial charge in [-0.3, -0.25) is 9.88 Å². The molecule has 2 unspecified atom stereocenters. The van der Waals surface area contributed by atoms with Crippen LogP contribution in [0.1, 0.15) is 40.3 Å². The van der Waals surface area contributed by atoms with Gasteiger partial charge in [0.25, 0.3) is 0 Å². The minimum absolute atomic E-state index is 0.122. The Morgan fingerprint density at radius 3 is 2.64 bits per heavy atom. The lowest BCUT2D eigenvalue weighted by atomic mass is 10.0. The van der Waals surface area contributed by atoms with Crippen LogP contribution in [0.2, 0.25) is 0 Å². The first kappa shape index (κ1) is 24.4. The first-order valence-electron chi connectivity index (χ1n) is 12.2. The number of methoxy groups -OCH3 is 1. The van der Waals surface area contributed by atoms with E-state index in [2.05, 4.69) is 20.1 Å². The predicted molar refractivity (Wildman–Crippen MR) is 140 cm³/mol. The van der Waals surface area contributed by atoms with E-state index >= 15 is 0 Å². The molecule has 0 aliphatic carbocycles. The number of thiocarbonyl (C=S) groups is 1. The van der Waals surface area contributed by atoms with E-state index in [1.807, 2.05) is 42.5 Å². The molecule has 0 spiro atoms. The Bertz CT molecular complexity index is 1180. The summed E-state index contributed by atoms with van der Waals surface area (Å²) >= 11 is 5.78. The quantitative estimate of drug-likeness (QED) is 0.362. The summed E-state index contributed by atoms with van der Waals surface area (Å²) in [6.45, 7) is 5.34. The Hall–Kier alpha value is -3.27. The van der Waals surface area contributed by atoms with E-state index in [1.165, 1.54) is 7.11 Å². The maximum atomic E-state index is 11.8. The molecule has 0 radical (unpaired) electrons. The molecule has 2 aliphatic rings. The molecule has 2 fully saturated rings. The van der Waals surface area contributed by atoms with Crippen LogP contribution in [-0.2, 0) is 9.47 Å². The molecule has 4 heterocycles. The van der Waals surface area contributed by atoms with Crippen LogP contribution in [-0.4, -0.2) is 72.4 Å². The molecule has 0 amide bonds. The minimum atomic E-state index is -0.363. The SMILES string of the molecule is COC(=O)c1ccc(-c2ccc(C3C(c4ccccn4)NC(=S)N3CCCN3CCOCC3)o2)cc1. The van der Waals surface area contributed by atoms with Crippen LogP contribution < -0.4 is 5.32 Å². The topological polar surface area (TPSA) is 80.1 Å². The van der Waals surface area contributed by atoms with Crippen molar-refractivity contribution in [1.82, 2.24) is 20.1 Å². The second-order valence-electron chi connectivity index (χ2n) is 8.90. The van der Waals surface area contributed by atoms with Crippen molar-refractivity contribution in [2.75, 3.05) is 46.5 Å². The zero-order valence-corrected chi connectivity index (χ0v) is 21.1. The average Bonchev–Trinajstić information content (AvgIpc) is 3.54. The lowest BCUT2D eigenvalue weighted by molar-refractivity contribution is 0.0365. The van der Waals surface area contributed by atoms with Crippen LogP contribution in [0.3, 0.4) is 0 Å². The molecule has 9 heteroatoms. The fourth-order valence-electron chi connectivity index (χ4n) is 4.80.